The molecule has 0 radical (unpaired) electrons. The summed E-state index contributed by atoms with van der Waals surface area (Å²) in [5.41, 5.74) is 2.11. The summed E-state index contributed by atoms with van der Waals surface area (Å²) in [5.74, 6) is 2.93. The van der Waals surface area contributed by atoms with Crippen LogP contribution < -0.4 is 4.74 Å². The Hall–Kier alpha value is -2.62. The van der Waals surface area contributed by atoms with Crippen LogP contribution in [-0.4, -0.2) is 20.0 Å². The van der Waals surface area contributed by atoms with Gasteiger partial charge in [-0.15, -0.1) is 10.2 Å². The lowest BCUT2D eigenvalue weighted by atomic mass is 10.3. The molecule has 3 aromatic heterocycles. The highest BCUT2D eigenvalue weighted by atomic mass is 127. The maximum atomic E-state index is 5.77. The molecule has 28 heavy (non-hydrogen) atoms. The Bertz CT molecular complexity index is 1070. The van der Waals surface area contributed by atoms with E-state index in [1.165, 1.54) is 0 Å². The molecule has 8 heteroatoms. The van der Waals surface area contributed by atoms with Gasteiger partial charge in [0.15, 0.2) is 5.76 Å². The summed E-state index contributed by atoms with van der Waals surface area (Å²) in [5, 5.41) is 12.6. The van der Waals surface area contributed by atoms with Gasteiger partial charge in [0.2, 0.25) is 5.89 Å². The standard InChI is InChI=1S/C20H19IN4O3/c1-13-11-14(2)25(24-13)10-9-19-22-23-20(28-19)18-8-7-17(27-18)12-26-16-5-3-15(21)4-6-16/h3-8,11H,9-10,12H2,1-2H3. The Morgan fingerprint density at radius 1 is 1.04 bits per heavy atom. The van der Waals surface area contributed by atoms with Gasteiger partial charge in [0.1, 0.15) is 18.1 Å². The summed E-state index contributed by atoms with van der Waals surface area (Å²) in [4.78, 5) is 0. The van der Waals surface area contributed by atoms with Gasteiger partial charge in [0.05, 0.1) is 5.69 Å². The predicted molar refractivity (Wildman–Crippen MR) is 111 cm³/mol. The van der Waals surface area contributed by atoms with E-state index in [-0.39, 0.29) is 0 Å². The highest BCUT2D eigenvalue weighted by Crippen LogP contribution is 2.22. The third-order valence-corrected chi connectivity index (χ3v) is 4.89. The maximum absolute atomic E-state index is 5.77. The SMILES string of the molecule is Cc1cc(C)n(CCc2nnc(-c3ccc(COc4ccc(I)cc4)o3)o2)n1. The summed E-state index contributed by atoms with van der Waals surface area (Å²) in [7, 11) is 0. The monoisotopic (exact) mass is 490 g/mol. The molecule has 3 heterocycles. The normalized spacial score (nSPS) is 11.1. The number of benzene rings is 1. The van der Waals surface area contributed by atoms with E-state index in [4.69, 9.17) is 13.6 Å². The molecule has 4 rings (SSSR count). The van der Waals surface area contributed by atoms with Crippen molar-refractivity contribution in [3.63, 3.8) is 0 Å². The van der Waals surface area contributed by atoms with Crippen molar-refractivity contribution in [2.75, 3.05) is 0 Å². The number of ether oxygens (including phenoxy) is 1. The summed E-state index contributed by atoms with van der Waals surface area (Å²) >= 11 is 2.26. The van der Waals surface area contributed by atoms with Gasteiger partial charge in [0, 0.05) is 22.2 Å². The molecule has 0 amide bonds. The second kappa shape index (κ2) is 8.17. The van der Waals surface area contributed by atoms with Gasteiger partial charge in [-0.1, -0.05) is 0 Å². The van der Waals surface area contributed by atoms with Gasteiger partial charge in [0.25, 0.3) is 5.89 Å². The Labute approximate surface area is 175 Å². The number of aryl methyl sites for hydroxylation is 4. The molecule has 0 fully saturated rings. The quantitative estimate of drug-likeness (QED) is 0.354. The summed E-state index contributed by atoms with van der Waals surface area (Å²) in [6.45, 7) is 5.03. The van der Waals surface area contributed by atoms with Crippen molar-refractivity contribution in [2.45, 2.75) is 33.4 Å². The number of aromatic nitrogens is 4. The molecule has 0 bridgehead atoms. The molecule has 1 aromatic carbocycles. The van der Waals surface area contributed by atoms with Crippen LogP contribution in [0.25, 0.3) is 11.7 Å². The number of furan rings is 1. The van der Waals surface area contributed by atoms with E-state index in [9.17, 15) is 0 Å². The van der Waals surface area contributed by atoms with Gasteiger partial charge < -0.3 is 13.6 Å². The first-order chi connectivity index (χ1) is 13.6. The van der Waals surface area contributed by atoms with Crippen molar-refractivity contribution in [3.05, 3.63) is 69.1 Å². The minimum atomic E-state index is 0.333. The van der Waals surface area contributed by atoms with Crippen LogP contribution >= 0.6 is 22.6 Å². The number of rotatable bonds is 7. The largest absolute Gasteiger partial charge is 0.486 e. The van der Waals surface area contributed by atoms with E-state index in [2.05, 4.69) is 37.9 Å². The van der Waals surface area contributed by atoms with Gasteiger partial charge in [-0.05, 0) is 78.9 Å². The Morgan fingerprint density at radius 2 is 1.86 bits per heavy atom. The maximum Gasteiger partial charge on any atom is 0.283 e. The van der Waals surface area contributed by atoms with Crippen LogP contribution in [0.3, 0.4) is 0 Å². The first-order valence-corrected chi connectivity index (χ1v) is 9.95. The molecular weight excluding hydrogens is 471 g/mol. The fourth-order valence-electron chi connectivity index (χ4n) is 2.81. The Morgan fingerprint density at radius 3 is 2.61 bits per heavy atom. The molecule has 0 N–H and O–H groups in total. The average Bonchev–Trinajstić information content (AvgIpc) is 3.39. The van der Waals surface area contributed by atoms with E-state index >= 15 is 0 Å². The van der Waals surface area contributed by atoms with Gasteiger partial charge >= 0.3 is 0 Å². The van der Waals surface area contributed by atoms with Crippen LogP contribution in [0.5, 0.6) is 5.75 Å². The zero-order chi connectivity index (χ0) is 19.5. The third-order valence-electron chi connectivity index (χ3n) is 4.17. The van der Waals surface area contributed by atoms with Crippen molar-refractivity contribution in [1.82, 2.24) is 20.0 Å². The molecule has 0 saturated carbocycles. The number of hydrogen-bond donors (Lipinski definition) is 0. The molecule has 0 unspecified atom stereocenters. The van der Waals surface area contributed by atoms with Crippen molar-refractivity contribution >= 4 is 22.6 Å². The number of nitrogens with zero attached hydrogens (tertiary/aromatic N) is 4. The second-order valence-electron chi connectivity index (χ2n) is 6.41. The van der Waals surface area contributed by atoms with Crippen molar-refractivity contribution < 1.29 is 13.6 Å². The van der Waals surface area contributed by atoms with Crippen molar-refractivity contribution in [1.29, 1.82) is 0 Å². The zero-order valence-corrected chi connectivity index (χ0v) is 17.7. The lowest BCUT2D eigenvalue weighted by Crippen LogP contribution is -2.05. The van der Waals surface area contributed by atoms with E-state index in [1.807, 2.05) is 61.0 Å². The molecular formula is C20H19IN4O3. The summed E-state index contributed by atoms with van der Waals surface area (Å²) < 4.78 is 20.3. The average molecular weight is 490 g/mol. The number of halogens is 1. The molecule has 0 aliphatic rings. The Balaban J connectivity index is 1.36. The van der Waals surface area contributed by atoms with Crippen LogP contribution in [0.15, 0.2) is 51.3 Å². The topological polar surface area (TPSA) is 79.1 Å². The molecule has 0 saturated heterocycles. The molecule has 4 aromatic rings. The van der Waals surface area contributed by atoms with Crippen molar-refractivity contribution in [3.8, 4) is 17.4 Å². The van der Waals surface area contributed by atoms with E-state index < -0.39 is 0 Å². The minimum Gasteiger partial charge on any atom is -0.486 e. The first-order valence-electron chi connectivity index (χ1n) is 8.88. The number of hydrogen-bond acceptors (Lipinski definition) is 6. The zero-order valence-electron chi connectivity index (χ0n) is 15.6. The molecule has 0 aliphatic carbocycles. The van der Waals surface area contributed by atoms with Crippen molar-refractivity contribution in [2.24, 2.45) is 0 Å². The highest BCUT2D eigenvalue weighted by molar-refractivity contribution is 14.1. The smallest absolute Gasteiger partial charge is 0.283 e. The van der Waals surface area contributed by atoms with Crippen LogP contribution in [0.4, 0.5) is 0 Å². The fourth-order valence-corrected chi connectivity index (χ4v) is 3.17. The predicted octanol–water partition coefficient (Wildman–Crippen LogP) is 4.57. The lowest BCUT2D eigenvalue weighted by Gasteiger charge is -2.03. The molecule has 7 nitrogen and oxygen atoms in total. The first kappa shape index (κ1) is 18.7. The minimum absolute atomic E-state index is 0.333. The summed E-state index contributed by atoms with van der Waals surface area (Å²) in [6.07, 6.45) is 0.610. The highest BCUT2D eigenvalue weighted by Gasteiger charge is 2.14. The van der Waals surface area contributed by atoms with Crippen LogP contribution in [0, 0.1) is 17.4 Å². The van der Waals surface area contributed by atoms with Crippen LogP contribution in [-0.2, 0) is 19.6 Å². The van der Waals surface area contributed by atoms with E-state index in [0.717, 1.165) is 20.7 Å². The molecule has 144 valence electrons. The van der Waals surface area contributed by atoms with E-state index in [0.29, 0.717) is 42.9 Å². The third kappa shape index (κ3) is 4.44. The Kier molecular flexibility index (Phi) is 5.47. The molecule has 0 atom stereocenters. The lowest BCUT2D eigenvalue weighted by molar-refractivity contribution is 0.271. The van der Waals surface area contributed by atoms with E-state index in [1.54, 1.807) is 0 Å². The molecule has 0 spiro atoms. The van der Waals surface area contributed by atoms with Crippen LogP contribution in [0.1, 0.15) is 23.0 Å². The van der Waals surface area contributed by atoms with Crippen LogP contribution in [0.2, 0.25) is 0 Å². The molecule has 0 aliphatic heterocycles. The second-order valence-corrected chi connectivity index (χ2v) is 7.66. The van der Waals surface area contributed by atoms with Gasteiger partial charge in [-0.2, -0.15) is 5.10 Å². The fraction of sp³-hybridized carbons (Fsp3) is 0.250. The van der Waals surface area contributed by atoms with Gasteiger partial charge in [-0.3, -0.25) is 4.68 Å². The van der Waals surface area contributed by atoms with Gasteiger partial charge in [-0.25, -0.2) is 0 Å². The summed E-state index contributed by atoms with van der Waals surface area (Å²) in [6, 6.07) is 13.6.